The average Bonchev–Trinajstić information content (AvgIpc) is 2.03. The van der Waals surface area contributed by atoms with E-state index in [0.717, 1.165) is 20.8 Å². The van der Waals surface area contributed by atoms with Crippen LogP contribution in [0.2, 0.25) is 0 Å². The number of carbonyl (C=O) groups excluding carboxylic acids is 4. The predicted octanol–water partition coefficient (Wildman–Crippen LogP) is -3.79. The van der Waals surface area contributed by atoms with Crippen LogP contribution in [0.3, 0.4) is 0 Å². The Kier molecular flexibility index (Phi) is 15.7. The standard InChI is InChI=1S/C6H10BO6.CH2O.Na/c1-4(8)11-7(12-5(2)9)13-6(3)10;1-2;/h7H,1-3H3;1H2;/q-1;;+1. The summed E-state index contributed by atoms with van der Waals surface area (Å²) in [6.07, 6.45) is 0. The van der Waals surface area contributed by atoms with Gasteiger partial charge in [0.25, 0.3) is 17.9 Å². The molecule has 0 N–H and O–H groups in total. The van der Waals surface area contributed by atoms with E-state index in [1.54, 1.807) is 0 Å². The largest absolute Gasteiger partial charge is 1.00 e. The van der Waals surface area contributed by atoms with Gasteiger partial charge in [0.2, 0.25) is 0 Å². The fraction of sp³-hybridized carbons (Fsp3) is 0.429. The van der Waals surface area contributed by atoms with E-state index >= 15 is 0 Å². The van der Waals surface area contributed by atoms with Gasteiger partial charge in [-0.05, 0) is 0 Å². The van der Waals surface area contributed by atoms with Crippen molar-refractivity contribution in [1.29, 1.82) is 0 Å². The summed E-state index contributed by atoms with van der Waals surface area (Å²) in [5.74, 6) is -2.03. The molecule has 0 unspecified atom stereocenters. The van der Waals surface area contributed by atoms with Gasteiger partial charge in [-0.15, -0.1) is 0 Å². The van der Waals surface area contributed by atoms with Crippen molar-refractivity contribution in [2.24, 2.45) is 0 Å². The maximum absolute atomic E-state index is 10.4. The molecule has 0 aromatic rings. The summed E-state index contributed by atoms with van der Waals surface area (Å²) in [4.78, 5) is 39.3. The molecule has 0 aliphatic heterocycles. The molecule has 0 radical (unpaired) electrons. The Morgan fingerprint density at radius 2 is 1.00 bits per heavy atom. The van der Waals surface area contributed by atoms with E-state index in [0.29, 0.717) is 0 Å². The number of carbonyl (C=O) groups is 4. The molecule has 0 atom stereocenters. The monoisotopic (exact) mass is 242 g/mol. The van der Waals surface area contributed by atoms with Crippen LogP contribution in [-0.2, 0) is 33.1 Å². The predicted molar refractivity (Wildman–Crippen MR) is 49.6 cm³/mol. The summed E-state index contributed by atoms with van der Waals surface area (Å²) in [5, 5.41) is 0. The number of hydrogen-bond donors (Lipinski definition) is 0. The van der Waals surface area contributed by atoms with Crippen molar-refractivity contribution in [2.45, 2.75) is 20.8 Å². The van der Waals surface area contributed by atoms with Gasteiger partial charge in [-0.3, -0.25) is 14.4 Å². The number of hydrogen-bond acceptors (Lipinski definition) is 7. The Morgan fingerprint density at radius 1 is 0.812 bits per heavy atom. The van der Waals surface area contributed by atoms with Crippen LogP contribution >= 0.6 is 0 Å². The Labute approximate surface area is 115 Å². The van der Waals surface area contributed by atoms with Gasteiger partial charge in [-0.1, -0.05) is 0 Å². The van der Waals surface area contributed by atoms with E-state index in [-0.39, 0.29) is 29.6 Å². The second-order valence-corrected chi connectivity index (χ2v) is 2.26. The molecule has 0 heterocycles. The molecule has 0 spiro atoms. The summed E-state index contributed by atoms with van der Waals surface area (Å²) >= 11 is 0. The Bertz CT molecular complexity index is 207. The van der Waals surface area contributed by atoms with E-state index in [9.17, 15) is 14.4 Å². The molecule has 9 heteroatoms. The summed E-state index contributed by atoms with van der Waals surface area (Å²) in [7, 11) is -2.41. The minimum absolute atomic E-state index is 0. The van der Waals surface area contributed by atoms with Crippen LogP contribution < -0.4 is 29.6 Å². The summed E-state index contributed by atoms with van der Waals surface area (Å²) in [6, 6.07) is 0. The average molecular weight is 242 g/mol. The van der Waals surface area contributed by atoms with E-state index in [2.05, 4.69) is 14.0 Å². The Hall–Kier alpha value is -0.855. The molecule has 0 rings (SSSR count). The zero-order valence-electron chi connectivity index (χ0n) is 9.77. The molecule has 0 aliphatic rings. The molecule has 7 nitrogen and oxygen atoms in total. The molecule has 0 amide bonds. The molecule has 0 aromatic heterocycles. The zero-order chi connectivity index (χ0) is 12.4. The van der Waals surface area contributed by atoms with E-state index in [4.69, 9.17) is 4.79 Å². The van der Waals surface area contributed by atoms with Crippen molar-refractivity contribution >= 4 is 32.0 Å². The van der Waals surface area contributed by atoms with E-state index in [1.807, 2.05) is 6.79 Å². The van der Waals surface area contributed by atoms with Crippen LogP contribution in [0.1, 0.15) is 20.8 Å². The van der Waals surface area contributed by atoms with Gasteiger partial charge in [0.05, 0.1) is 0 Å². The third-order valence-corrected chi connectivity index (χ3v) is 0.963. The summed E-state index contributed by atoms with van der Waals surface area (Å²) in [5.41, 5.74) is 0. The van der Waals surface area contributed by atoms with Gasteiger partial charge in [-0.2, -0.15) is 0 Å². The van der Waals surface area contributed by atoms with Gasteiger partial charge in [-0.25, -0.2) is 0 Å². The van der Waals surface area contributed by atoms with Crippen LogP contribution in [0, 0.1) is 0 Å². The van der Waals surface area contributed by atoms with E-state index < -0.39 is 25.2 Å². The first-order valence-electron chi connectivity index (χ1n) is 3.88. The molecule has 0 aromatic carbocycles. The van der Waals surface area contributed by atoms with Gasteiger partial charge in [0.1, 0.15) is 6.79 Å². The maximum Gasteiger partial charge on any atom is 1.00 e. The van der Waals surface area contributed by atoms with Crippen LogP contribution in [0.4, 0.5) is 0 Å². The van der Waals surface area contributed by atoms with Gasteiger partial charge in [0, 0.05) is 20.8 Å². The minimum Gasteiger partial charge on any atom is -0.625 e. The van der Waals surface area contributed by atoms with Crippen molar-refractivity contribution < 1.29 is 62.7 Å². The van der Waals surface area contributed by atoms with Crippen molar-refractivity contribution in [3.8, 4) is 0 Å². The summed E-state index contributed by atoms with van der Waals surface area (Å²) in [6.45, 7) is 5.35. The molecule has 86 valence electrons. The molecular weight excluding hydrogens is 230 g/mol. The van der Waals surface area contributed by atoms with Crippen molar-refractivity contribution in [2.75, 3.05) is 0 Å². The zero-order valence-corrected chi connectivity index (χ0v) is 11.8. The van der Waals surface area contributed by atoms with Crippen LogP contribution in [0.5, 0.6) is 0 Å². The fourth-order valence-corrected chi connectivity index (χ4v) is 0.586. The molecule has 0 fully saturated rings. The number of rotatable bonds is 3. The van der Waals surface area contributed by atoms with Crippen LogP contribution in [0.25, 0.3) is 0 Å². The van der Waals surface area contributed by atoms with Gasteiger partial charge >= 0.3 is 36.9 Å². The van der Waals surface area contributed by atoms with E-state index in [1.165, 1.54) is 0 Å². The normalized spacial score (nSPS) is 7.75. The first kappa shape index (κ1) is 20.5. The third-order valence-electron chi connectivity index (χ3n) is 0.963. The van der Waals surface area contributed by atoms with Crippen molar-refractivity contribution in [3.63, 3.8) is 0 Å². The van der Waals surface area contributed by atoms with Crippen molar-refractivity contribution in [1.82, 2.24) is 0 Å². The van der Waals surface area contributed by atoms with Gasteiger partial charge < -0.3 is 18.8 Å². The van der Waals surface area contributed by atoms with Gasteiger partial charge in [0.15, 0.2) is 0 Å². The smallest absolute Gasteiger partial charge is 0.625 e. The first-order valence-corrected chi connectivity index (χ1v) is 3.88. The maximum atomic E-state index is 10.4. The molecular formula is C7H12BNaO7. The SMILES string of the molecule is C=O.CC(=O)O[BH-](OC(C)=O)OC(C)=O.[Na+]. The second kappa shape index (κ2) is 12.2. The van der Waals surface area contributed by atoms with Crippen molar-refractivity contribution in [3.05, 3.63) is 0 Å². The van der Waals surface area contributed by atoms with Crippen LogP contribution in [0.15, 0.2) is 0 Å². The fourth-order valence-electron chi connectivity index (χ4n) is 0.586. The van der Waals surface area contributed by atoms with Crippen LogP contribution in [-0.4, -0.2) is 32.0 Å². The quantitative estimate of drug-likeness (QED) is 0.468. The minimum atomic E-state index is -2.41. The molecule has 0 saturated carbocycles. The molecule has 0 aliphatic carbocycles. The topological polar surface area (TPSA) is 96.0 Å². The Balaban J connectivity index is -0.000000529. The summed E-state index contributed by atoms with van der Waals surface area (Å²) < 4.78 is 13.3. The third kappa shape index (κ3) is 15.6. The molecule has 0 bridgehead atoms. The molecule has 16 heavy (non-hydrogen) atoms. The molecule has 0 saturated heterocycles. The first-order chi connectivity index (χ1) is 6.91. The second-order valence-electron chi connectivity index (χ2n) is 2.26. The Morgan fingerprint density at radius 3 is 1.12 bits per heavy atom.